The molecule has 5 heteroatoms. The van der Waals surface area contributed by atoms with E-state index in [9.17, 15) is 9.59 Å². The van der Waals surface area contributed by atoms with Gasteiger partial charge in [-0.15, -0.1) is 0 Å². The minimum atomic E-state index is -1.09. The number of hydrogen-bond donors (Lipinski definition) is 1. The Kier molecular flexibility index (Phi) is 3.46. The third kappa shape index (κ3) is 2.70. The highest BCUT2D eigenvalue weighted by molar-refractivity contribution is 5.97. The smallest absolute Gasteiger partial charge is 0.349 e. The van der Waals surface area contributed by atoms with Gasteiger partial charge in [0.05, 0.1) is 7.11 Å². The summed E-state index contributed by atoms with van der Waals surface area (Å²) in [5.41, 5.74) is 0.505. The van der Waals surface area contributed by atoms with Crippen LogP contribution in [0.1, 0.15) is 29.8 Å². The molecule has 0 aliphatic carbocycles. The zero-order valence-corrected chi connectivity index (χ0v) is 11.3. The molecule has 2 rings (SSSR count). The molecule has 19 heavy (non-hydrogen) atoms. The highest BCUT2D eigenvalue weighted by Crippen LogP contribution is 2.24. The maximum Gasteiger partial charge on any atom is 0.349 e. The van der Waals surface area contributed by atoms with E-state index in [4.69, 9.17) is 4.74 Å². The van der Waals surface area contributed by atoms with E-state index in [0.717, 1.165) is 12.0 Å². The molecule has 0 radical (unpaired) electrons. The number of carbonyl (C=O) groups excluding carboxylic acids is 2. The molecule has 1 aliphatic heterocycles. The van der Waals surface area contributed by atoms with Gasteiger partial charge in [-0.05, 0) is 38.0 Å². The minimum absolute atomic E-state index is 0.109. The van der Waals surface area contributed by atoms with Gasteiger partial charge in [-0.1, -0.05) is 6.07 Å². The quantitative estimate of drug-likeness (QED) is 0.835. The molecule has 102 valence electrons. The summed E-state index contributed by atoms with van der Waals surface area (Å²) in [5, 5.41) is 2.78. The molecule has 0 atom stereocenters. The lowest BCUT2D eigenvalue weighted by molar-refractivity contribution is -0.156. The lowest BCUT2D eigenvalue weighted by Crippen LogP contribution is -2.39. The van der Waals surface area contributed by atoms with Gasteiger partial charge in [0.15, 0.2) is 5.60 Å². The van der Waals surface area contributed by atoms with E-state index < -0.39 is 11.6 Å². The van der Waals surface area contributed by atoms with Crippen LogP contribution in [0.4, 0.5) is 0 Å². The van der Waals surface area contributed by atoms with E-state index in [1.54, 1.807) is 26.0 Å². The van der Waals surface area contributed by atoms with Crippen molar-refractivity contribution in [1.82, 2.24) is 5.32 Å². The second-order valence-electron chi connectivity index (χ2n) is 4.93. The fourth-order valence-electron chi connectivity index (χ4n) is 2.04. The first kappa shape index (κ1) is 13.4. The van der Waals surface area contributed by atoms with Gasteiger partial charge in [-0.3, -0.25) is 4.79 Å². The van der Waals surface area contributed by atoms with Crippen LogP contribution in [0.15, 0.2) is 18.2 Å². The molecule has 1 aromatic rings. The maximum atomic E-state index is 11.7. The van der Waals surface area contributed by atoms with Crippen molar-refractivity contribution in [3.63, 3.8) is 0 Å². The van der Waals surface area contributed by atoms with Crippen molar-refractivity contribution >= 4 is 11.9 Å². The number of benzene rings is 1. The number of rotatable bonds is 3. The van der Waals surface area contributed by atoms with Gasteiger partial charge >= 0.3 is 5.97 Å². The zero-order chi connectivity index (χ0) is 14.0. The predicted molar refractivity (Wildman–Crippen MR) is 69.2 cm³/mol. The molecule has 0 unspecified atom stereocenters. The SMILES string of the molecule is COC(=O)C(C)(C)Oc1ccc2c(c1)C(=O)NCC2. The van der Waals surface area contributed by atoms with Gasteiger partial charge in [-0.2, -0.15) is 0 Å². The highest BCUT2D eigenvalue weighted by Gasteiger charge is 2.31. The Morgan fingerprint density at radius 2 is 2.11 bits per heavy atom. The minimum Gasteiger partial charge on any atom is -0.476 e. The summed E-state index contributed by atoms with van der Waals surface area (Å²) in [5.74, 6) is -0.0940. The molecule has 0 bridgehead atoms. The third-order valence-corrected chi connectivity index (χ3v) is 3.06. The summed E-state index contributed by atoms with van der Waals surface area (Å²) in [7, 11) is 1.31. The molecule has 1 amide bonds. The van der Waals surface area contributed by atoms with Crippen LogP contribution in [0, 0.1) is 0 Å². The molecular weight excluding hydrogens is 246 g/mol. The van der Waals surface area contributed by atoms with Crippen LogP contribution in [0.5, 0.6) is 5.75 Å². The molecule has 1 N–H and O–H groups in total. The first-order chi connectivity index (χ1) is 8.94. The standard InChI is InChI=1S/C14H17NO4/c1-14(2,13(17)18-3)19-10-5-4-9-6-7-15-12(16)11(9)8-10/h4-5,8H,6-7H2,1-3H3,(H,15,16). The fraction of sp³-hybridized carbons (Fsp3) is 0.429. The topological polar surface area (TPSA) is 64.6 Å². The van der Waals surface area contributed by atoms with Crippen LogP contribution < -0.4 is 10.1 Å². The van der Waals surface area contributed by atoms with E-state index >= 15 is 0 Å². The fourth-order valence-corrected chi connectivity index (χ4v) is 2.04. The van der Waals surface area contributed by atoms with Crippen LogP contribution in [-0.4, -0.2) is 31.1 Å². The molecule has 0 fully saturated rings. The van der Waals surface area contributed by atoms with Gasteiger partial charge < -0.3 is 14.8 Å². The lowest BCUT2D eigenvalue weighted by Gasteiger charge is -2.24. The Morgan fingerprint density at radius 1 is 1.37 bits per heavy atom. The monoisotopic (exact) mass is 263 g/mol. The van der Waals surface area contributed by atoms with Crippen molar-refractivity contribution in [2.45, 2.75) is 25.9 Å². The van der Waals surface area contributed by atoms with Crippen molar-refractivity contribution in [3.8, 4) is 5.75 Å². The molecule has 0 aromatic heterocycles. The van der Waals surface area contributed by atoms with E-state index in [2.05, 4.69) is 10.1 Å². The lowest BCUT2D eigenvalue weighted by atomic mass is 10.00. The average molecular weight is 263 g/mol. The zero-order valence-electron chi connectivity index (χ0n) is 11.3. The number of fused-ring (bicyclic) bond motifs is 1. The molecule has 0 spiro atoms. The first-order valence-corrected chi connectivity index (χ1v) is 6.12. The predicted octanol–water partition coefficient (Wildman–Crippen LogP) is 1.30. The van der Waals surface area contributed by atoms with Gasteiger partial charge in [0.25, 0.3) is 5.91 Å². The Hall–Kier alpha value is -2.04. The molecule has 0 saturated heterocycles. The normalized spacial score (nSPS) is 14.4. The van der Waals surface area contributed by atoms with Gasteiger partial charge in [0.2, 0.25) is 0 Å². The molecule has 1 heterocycles. The van der Waals surface area contributed by atoms with Crippen LogP contribution >= 0.6 is 0 Å². The van der Waals surface area contributed by atoms with Crippen molar-refractivity contribution in [3.05, 3.63) is 29.3 Å². The summed E-state index contributed by atoms with van der Waals surface area (Å²) in [6.45, 7) is 3.90. The van der Waals surface area contributed by atoms with E-state index in [-0.39, 0.29) is 5.91 Å². The summed E-state index contributed by atoms with van der Waals surface area (Å²) in [6.07, 6.45) is 0.807. The second-order valence-corrected chi connectivity index (χ2v) is 4.93. The molecule has 1 aliphatic rings. The highest BCUT2D eigenvalue weighted by atomic mass is 16.6. The number of carbonyl (C=O) groups is 2. The van der Waals surface area contributed by atoms with E-state index in [1.807, 2.05) is 6.07 Å². The second kappa shape index (κ2) is 4.91. The number of ether oxygens (including phenoxy) is 2. The van der Waals surface area contributed by atoms with Crippen LogP contribution in [0.25, 0.3) is 0 Å². The number of hydrogen-bond acceptors (Lipinski definition) is 4. The van der Waals surface area contributed by atoms with Crippen LogP contribution in [0.2, 0.25) is 0 Å². The maximum absolute atomic E-state index is 11.7. The Labute approximate surface area is 111 Å². The van der Waals surface area contributed by atoms with Crippen molar-refractivity contribution in [1.29, 1.82) is 0 Å². The third-order valence-electron chi connectivity index (χ3n) is 3.06. The first-order valence-electron chi connectivity index (χ1n) is 6.12. The molecule has 1 aromatic carbocycles. The van der Waals surface area contributed by atoms with Crippen LogP contribution in [0.3, 0.4) is 0 Å². The Morgan fingerprint density at radius 3 is 2.79 bits per heavy atom. The summed E-state index contributed by atoms with van der Waals surface area (Å²) >= 11 is 0. The number of nitrogens with one attached hydrogen (secondary N) is 1. The average Bonchev–Trinajstić information content (AvgIpc) is 2.38. The van der Waals surface area contributed by atoms with Gasteiger partial charge in [-0.25, -0.2) is 4.79 Å². The largest absolute Gasteiger partial charge is 0.476 e. The molecule has 5 nitrogen and oxygen atoms in total. The van der Waals surface area contributed by atoms with E-state index in [0.29, 0.717) is 17.9 Å². The summed E-state index contributed by atoms with van der Waals surface area (Å²) in [6, 6.07) is 5.29. The van der Waals surface area contributed by atoms with Gasteiger partial charge in [0, 0.05) is 12.1 Å². The molecular formula is C14H17NO4. The van der Waals surface area contributed by atoms with Crippen molar-refractivity contribution in [2.75, 3.05) is 13.7 Å². The van der Waals surface area contributed by atoms with Crippen molar-refractivity contribution in [2.24, 2.45) is 0 Å². The summed E-state index contributed by atoms with van der Waals surface area (Å²) in [4.78, 5) is 23.3. The number of methoxy groups -OCH3 is 1. The van der Waals surface area contributed by atoms with Gasteiger partial charge in [0.1, 0.15) is 5.75 Å². The van der Waals surface area contributed by atoms with E-state index in [1.165, 1.54) is 7.11 Å². The summed E-state index contributed by atoms with van der Waals surface area (Å²) < 4.78 is 10.3. The van der Waals surface area contributed by atoms with Crippen LogP contribution in [-0.2, 0) is 16.0 Å². The Bertz CT molecular complexity index is 522. The number of amides is 1. The number of esters is 1. The van der Waals surface area contributed by atoms with Crippen molar-refractivity contribution < 1.29 is 19.1 Å². The molecule has 0 saturated carbocycles. The Balaban J connectivity index is 2.25.